The van der Waals surface area contributed by atoms with Gasteiger partial charge in [-0.3, -0.25) is 0 Å². The molecular formula is C9H6F11I. The van der Waals surface area contributed by atoms with Gasteiger partial charge in [-0.05, 0) is 38.7 Å². The molecule has 0 saturated carbocycles. The summed E-state index contributed by atoms with van der Waals surface area (Å²) in [5, 5.41) is 0. The fourth-order valence-electron chi connectivity index (χ4n) is 1.07. The smallest absolute Gasteiger partial charge is 0.222 e. The van der Waals surface area contributed by atoms with Gasteiger partial charge in [-0.2, -0.15) is 43.9 Å². The number of hydrogen-bond acceptors (Lipinski definition) is 0. The van der Waals surface area contributed by atoms with Gasteiger partial charge in [-0.15, -0.1) is 0 Å². The Morgan fingerprint density at radius 2 is 1.14 bits per heavy atom. The molecule has 126 valence electrons. The second-order valence-electron chi connectivity index (χ2n) is 3.80. The van der Waals surface area contributed by atoms with Crippen molar-refractivity contribution in [2.75, 3.05) is 0 Å². The van der Waals surface area contributed by atoms with Crippen LogP contribution in [0.2, 0.25) is 0 Å². The van der Waals surface area contributed by atoms with Crippen molar-refractivity contribution in [3.8, 4) is 0 Å². The molecule has 0 rings (SSSR count). The monoisotopic (exact) mass is 450 g/mol. The largest absolute Gasteiger partial charge is 0.460 e. The van der Waals surface area contributed by atoms with Gasteiger partial charge in [0.2, 0.25) is 0 Å². The van der Waals surface area contributed by atoms with Gasteiger partial charge in [0.05, 0.1) is 0 Å². The molecule has 0 aliphatic carbocycles. The predicted octanol–water partition coefficient (Wildman–Crippen LogP) is 5.82. The van der Waals surface area contributed by atoms with Crippen molar-refractivity contribution in [2.24, 2.45) is 0 Å². The van der Waals surface area contributed by atoms with E-state index in [2.05, 4.69) is 0 Å². The Labute approximate surface area is 124 Å². The van der Waals surface area contributed by atoms with Crippen molar-refractivity contribution in [3.05, 3.63) is 9.66 Å². The van der Waals surface area contributed by atoms with Crippen molar-refractivity contribution in [1.82, 2.24) is 0 Å². The summed E-state index contributed by atoms with van der Waals surface area (Å²) in [6.45, 7) is 1.06. The summed E-state index contributed by atoms with van der Waals surface area (Å²) in [6, 6.07) is 0. The highest BCUT2D eigenvalue weighted by Crippen LogP contribution is 2.58. The van der Waals surface area contributed by atoms with Gasteiger partial charge in [0.15, 0.2) is 0 Å². The lowest BCUT2D eigenvalue weighted by Gasteiger charge is -2.37. The first-order valence-corrected chi connectivity index (χ1v) is 5.98. The lowest BCUT2D eigenvalue weighted by molar-refractivity contribution is -0.402. The Morgan fingerprint density at radius 1 is 0.762 bits per heavy atom. The highest BCUT2D eigenvalue weighted by Gasteiger charge is 2.85. The quantitative estimate of drug-likeness (QED) is 0.375. The highest BCUT2D eigenvalue weighted by molar-refractivity contribution is 14.1. The van der Waals surface area contributed by atoms with Gasteiger partial charge in [0, 0.05) is 0 Å². The van der Waals surface area contributed by atoms with E-state index in [0.717, 1.165) is 29.5 Å². The second kappa shape index (κ2) is 5.72. The molecule has 12 heteroatoms. The van der Waals surface area contributed by atoms with E-state index < -0.39 is 45.9 Å². The fraction of sp³-hybridized carbons (Fsp3) is 0.778. The molecule has 0 aromatic heterocycles. The van der Waals surface area contributed by atoms with Crippen LogP contribution in [0.5, 0.6) is 0 Å². The Balaban J connectivity index is 6.34. The average molecular weight is 450 g/mol. The van der Waals surface area contributed by atoms with E-state index in [1.807, 2.05) is 0 Å². The standard InChI is InChI=1S/C9H6F11I/c1-2-4(21)3-5(10,8(15,16)17)6(11,12)7(13,14)9(18,19)20/h3H,2H2,1H3. The Bertz CT molecular complexity index is 405. The second-order valence-corrected chi connectivity index (χ2v) is 5.19. The van der Waals surface area contributed by atoms with E-state index in [0.29, 0.717) is 0 Å². The van der Waals surface area contributed by atoms with Gasteiger partial charge in [0.1, 0.15) is 0 Å². The molecule has 0 bridgehead atoms. The molecule has 0 radical (unpaired) electrons. The van der Waals surface area contributed by atoms with Crippen LogP contribution in [0.1, 0.15) is 13.3 Å². The summed E-state index contributed by atoms with van der Waals surface area (Å²) in [5.74, 6) is -14.3. The maximum absolute atomic E-state index is 13.6. The third kappa shape index (κ3) is 3.38. The van der Waals surface area contributed by atoms with Gasteiger partial charge >= 0.3 is 24.2 Å². The van der Waals surface area contributed by atoms with Crippen LogP contribution >= 0.6 is 22.6 Å². The molecule has 0 saturated heterocycles. The summed E-state index contributed by atoms with van der Waals surface area (Å²) in [4.78, 5) is 0. The minimum atomic E-state index is -7.22. The number of hydrogen-bond donors (Lipinski definition) is 0. The number of alkyl halides is 11. The fourth-order valence-corrected chi connectivity index (χ4v) is 1.50. The summed E-state index contributed by atoms with van der Waals surface area (Å²) in [6.07, 6.45) is -15.2. The molecule has 0 spiro atoms. The summed E-state index contributed by atoms with van der Waals surface area (Å²) < 4.78 is 137. The molecule has 0 heterocycles. The molecule has 0 nitrogen and oxygen atoms in total. The SMILES string of the molecule is CCC(I)=CC(F)(C(F)(F)F)C(F)(F)C(F)(F)C(F)(F)F. The van der Waals surface area contributed by atoms with Crippen molar-refractivity contribution in [2.45, 2.75) is 43.2 Å². The minimum Gasteiger partial charge on any atom is -0.222 e. The molecule has 0 amide bonds. The molecule has 21 heavy (non-hydrogen) atoms. The Hall–Kier alpha value is -0.300. The lowest BCUT2D eigenvalue weighted by atomic mass is 9.90. The normalized spacial score (nSPS) is 18.6. The Morgan fingerprint density at radius 3 is 1.38 bits per heavy atom. The first kappa shape index (κ1) is 20.7. The molecule has 0 fully saturated rings. The molecular weight excluding hydrogens is 444 g/mol. The van der Waals surface area contributed by atoms with Gasteiger partial charge in [0.25, 0.3) is 5.67 Å². The molecule has 1 unspecified atom stereocenters. The summed E-state index contributed by atoms with van der Waals surface area (Å²) >= 11 is 0.921. The van der Waals surface area contributed by atoms with Crippen LogP contribution in [0.4, 0.5) is 48.3 Å². The van der Waals surface area contributed by atoms with E-state index in [1.54, 1.807) is 0 Å². The van der Waals surface area contributed by atoms with Gasteiger partial charge < -0.3 is 0 Å². The van der Waals surface area contributed by atoms with Crippen molar-refractivity contribution < 1.29 is 48.3 Å². The topological polar surface area (TPSA) is 0 Å². The highest BCUT2D eigenvalue weighted by atomic mass is 127. The van der Waals surface area contributed by atoms with Gasteiger partial charge in [-0.1, -0.05) is 6.92 Å². The van der Waals surface area contributed by atoms with E-state index in [4.69, 9.17) is 0 Å². The van der Waals surface area contributed by atoms with Crippen LogP contribution in [0, 0.1) is 0 Å². The van der Waals surface area contributed by atoms with Crippen LogP contribution < -0.4 is 0 Å². The van der Waals surface area contributed by atoms with Crippen LogP contribution in [-0.4, -0.2) is 29.9 Å². The minimum absolute atomic E-state index is 0.476. The Kier molecular flexibility index (Phi) is 5.64. The number of rotatable bonds is 4. The number of halogens is 12. The number of allylic oxidation sites excluding steroid dienone is 2. The zero-order valence-electron chi connectivity index (χ0n) is 9.82. The zero-order chi connectivity index (χ0) is 17.5. The van der Waals surface area contributed by atoms with Crippen LogP contribution in [0.3, 0.4) is 0 Å². The first-order chi connectivity index (χ1) is 8.95. The van der Waals surface area contributed by atoms with E-state index >= 15 is 0 Å². The van der Waals surface area contributed by atoms with Crippen LogP contribution in [0.15, 0.2) is 9.66 Å². The van der Waals surface area contributed by atoms with Crippen LogP contribution in [0.25, 0.3) is 0 Å². The predicted molar refractivity (Wildman–Crippen MR) is 58.2 cm³/mol. The maximum atomic E-state index is 13.6. The molecule has 0 aliphatic rings. The third-order valence-corrected chi connectivity index (χ3v) is 3.39. The maximum Gasteiger partial charge on any atom is 0.460 e. The van der Waals surface area contributed by atoms with Crippen molar-refractivity contribution in [1.29, 1.82) is 0 Å². The first-order valence-electron chi connectivity index (χ1n) is 4.91. The molecule has 0 aromatic rings. The van der Waals surface area contributed by atoms with Crippen LogP contribution in [-0.2, 0) is 0 Å². The summed E-state index contributed by atoms with van der Waals surface area (Å²) in [7, 11) is 0. The average Bonchev–Trinajstić information content (AvgIpc) is 2.24. The molecule has 0 aromatic carbocycles. The van der Waals surface area contributed by atoms with Crippen molar-refractivity contribution >= 4 is 22.6 Å². The molecule has 1 atom stereocenters. The molecule has 0 aliphatic heterocycles. The van der Waals surface area contributed by atoms with Gasteiger partial charge in [-0.25, -0.2) is 4.39 Å². The zero-order valence-corrected chi connectivity index (χ0v) is 12.0. The van der Waals surface area contributed by atoms with E-state index in [1.165, 1.54) is 0 Å². The molecule has 0 N–H and O–H groups in total. The van der Waals surface area contributed by atoms with Crippen molar-refractivity contribution in [3.63, 3.8) is 0 Å². The lowest BCUT2D eigenvalue weighted by Crippen LogP contribution is -2.66. The van der Waals surface area contributed by atoms with E-state index in [-0.39, 0.29) is 0 Å². The van der Waals surface area contributed by atoms with E-state index in [9.17, 15) is 48.3 Å². The summed E-state index contributed by atoms with van der Waals surface area (Å²) in [5.41, 5.74) is -6.18. The third-order valence-electron chi connectivity index (χ3n) is 2.31.